The molecule has 0 atom stereocenters. The van der Waals surface area contributed by atoms with Crippen molar-refractivity contribution in [2.24, 2.45) is 0 Å². The van der Waals surface area contributed by atoms with Gasteiger partial charge in [0.15, 0.2) is 0 Å². The molecule has 0 saturated carbocycles. The summed E-state index contributed by atoms with van der Waals surface area (Å²) in [6.07, 6.45) is 5.51. The minimum absolute atomic E-state index is 0.0413. The quantitative estimate of drug-likeness (QED) is 0.785. The first kappa shape index (κ1) is 15.5. The summed E-state index contributed by atoms with van der Waals surface area (Å²) < 4.78 is 2.01. The highest BCUT2D eigenvalue weighted by molar-refractivity contribution is 5.79. The average Bonchev–Trinajstić information content (AvgIpc) is 3.00. The Morgan fingerprint density at radius 1 is 0.957 bits per heavy atom. The van der Waals surface area contributed by atoms with Gasteiger partial charge >= 0.3 is 0 Å². The average molecular weight is 306 g/mol. The van der Waals surface area contributed by atoms with Gasteiger partial charge in [-0.05, 0) is 67.6 Å². The maximum absolute atomic E-state index is 9.62. The predicted octanol–water partition coefficient (Wildman–Crippen LogP) is 4.27. The van der Waals surface area contributed by atoms with Gasteiger partial charge in [0.2, 0.25) is 0 Å². The molecule has 3 rings (SSSR count). The molecule has 0 amide bonds. The van der Waals surface area contributed by atoms with Gasteiger partial charge in [-0.2, -0.15) is 0 Å². The molecule has 3 heteroatoms. The van der Waals surface area contributed by atoms with E-state index in [-0.39, 0.29) is 6.61 Å². The van der Waals surface area contributed by atoms with E-state index in [1.165, 1.54) is 27.8 Å². The van der Waals surface area contributed by atoms with E-state index in [1.807, 2.05) is 17.7 Å². The molecule has 0 aliphatic carbocycles. The number of hydrogen-bond donors (Lipinski definition) is 1. The van der Waals surface area contributed by atoms with Crippen LogP contribution in [0, 0.1) is 27.7 Å². The van der Waals surface area contributed by atoms with Gasteiger partial charge in [0.25, 0.3) is 0 Å². The van der Waals surface area contributed by atoms with Crippen LogP contribution in [0.15, 0.2) is 43.0 Å². The lowest BCUT2D eigenvalue weighted by Crippen LogP contribution is -2.01. The minimum Gasteiger partial charge on any atom is -0.392 e. The molecule has 0 spiro atoms. The van der Waals surface area contributed by atoms with Crippen LogP contribution in [0.5, 0.6) is 0 Å². The monoisotopic (exact) mass is 306 g/mol. The lowest BCUT2D eigenvalue weighted by molar-refractivity contribution is 0.281. The first-order valence-electron chi connectivity index (χ1n) is 7.82. The molecular formula is C20H22N2O. The van der Waals surface area contributed by atoms with Crippen molar-refractivity contribution in [3.63, 3.8) is 0 Å². The van der Waals surface area contributed by atoms with E-state index in [1.54, 1.807) is 12.5 Å². The number of aryl methyl sites for hydroxylation is 4. The Balaban J connectivity index is 2.33. The molecular weight excluding hydrogens is 284 g/mol. The van der Waals surface area contributed by atoms with Gasteiger partial charge in [-0.25, -0.2) is 4.98 Å². The Hall–Kier alpha value is -2.39. The van der Waals surface area contributed by atoms with E-state index >= 15 is 0 Å². The Labute approximate surface area is 137 Å². The van der Waals surface area contributed by atoms with Gasteiger partial charge in [-0.3, -0.25) is 0 Å². The summed E-state index contributed by atoms with van der Waals surface area (Å²) in [6, 6.07) is 8.67. The largest absolute Gasteiger partial charge is 0.392 e. The second-order valence-corrected chi connectivity index (χ2v) is 6.20. The highest BCUT2D eigenvalue weighted by Gasteiger charge is 2.15. The van der Waals surface area contributed by atoms with Crippen LogP contribution in [0.25, 0.3) is 16.8 Å². The highest BCUT2D eigenvalue weighted by atomic mass is 16.3. The summed E-state index contributed by atoms with van der Waals surface area (Å²) in [4.78, 5) is 4.17. The van der Waals surface area contributed by atoms with Crippen LogP contribution in [0.4, 0.5) is 0 Å². The fourth-order valence-corrected chi connectivity index (χ4v) is 3.33. The number of benzene rings is 2. The second kappa shape index (κ2) is 6.01. The molecule has 0 fully saturated rings. The molecule has 2 aromatic carbocycles. The summed E-state index contributed by atoms with van der Waals surface area (Å²) in [5.74, 6) is 0. The van der Waals surface area contributed by atoms with Crippen LogP contribution in [-0.4, -0.2) is 14.7 Å². The van der Waals surface area contributed by atoms with Gasteiger partial charge in [0.1, 0.15) is 0 Å². The lowest BCUT2D eigenvalue weighted by atomic mass is 9.90. The Morgan fingerprint density at radius 2 is 1.65 bits per heavy atom. The third-order valence-electron chi connectivity index (χ3n) is 4.35. The summed E-state index contributed by atoms with van der Waals surface area (Å²) in [5, 5.41) is 9.62. The van der Waals surface area contributed by atoms with E-state index in [2.05, 4.69) is 50.0 Å². The zero-order chi connectivity index (χ0) is 16.6. The maximum Gasteiger partial charge on any atom is 0.0991 e. The standard InChI is InChI=1S/C20H22N2O/c1-13-7-15(3)20(16(4)8-13)18-9-14(2)17(11-23)10-19(18)22-6-5-21-12-22/h5-10,12,23H,11H2,1-4H3. The molecule has 23 heavy (non-hydrogen) atoms. The molecule has 3 nitrogen and oxygen atoms in total. The Bertz CT molecular complexity index is 825. The maximum atomic E-state index is 9.62. The lowest BCUT2D eigenvalue weighted by Gasteiger charge is -2.18. The Morgan fingerprint density at radius 3 is 2.22 bits per heavy atom. The van der Waals surface area contributed by atoms with Gasteiger partial charge in [0.05, 0.1) is 18.6 Å². The van der Waals surface area contributed by atoms with Crippen molar-refractivity contribution in [3.05, 3.63) is 70.8 Å². The van der Waals surface area contributed by atoms with E-state index in [9.17, 15) is 5.11 Å². The number of aliphatic hydroxyl groups excluding tert-OH is 1. The Kier molecular flexibility index (Phi) is 4.05. The van der Waals surface area contributed by atoms with Gasteiger partial charge in [0, 0.05) is 18.0 Å². The molecule has 0 unspecified atom stereocenters. The van der Waals surface area contributed by atoms with Gasteiger partial charge in [-0.15, -0.1) is 0 Å². The van der Waals surface area contributed by atoms with Crippen LogP contribution in [-0.2, 0) is 6.61 Å². The summed E-state index contributed by atoms with van der Waals surface area (Å²) in [5.41, 5.74) is 9.33. The van der Waals surface area contributed by atoms with Crippen molar-refractivity contribution < 1.29 is 5.11 Å². The third-order valence-corrected chi connectivity index (χ3v) is 4.35. The molecule has 118 valence electrons. The molecule has 0 aliphatic heterocycles. The molecule has 0 aliphatic rings. The van der Waals surface area contributed by atoms with Crippen molar-refractivity contribution in [1.82, 2.24) is 9.55 Å². The summed E-state index contributed by atoms with van der Waals surface area (Å²) in [7, 11) is 0. The number of rotatable bonds is 3. The second-order valence-electron chi connectivity index (χ2n) is 6.20. The number of hydrogen-bond acceptors (Lipinski definition) is 2. The molecule has 1 N–H and O–H groups in total. The van der Waals surface area contributed by atoms with E-state index in [0.717, 1.165) is 16.8 Å². The molecule has 0 radical (unpaired) electrons. The van der Waals surface area contributed by atoms with Gasteiger partial charge < -0.3 is 9.67 Å². The summed E-state index contributed by atoms with van der Waals surface area (Å²) >= 11 is 0. The number of nitrogens with zero attached hydrogens (tertiary/aromatic N) is 2. The van der Waals surface area contributed by atoms with Crippen molar-refractivity contribution in [2.45, 2.75) is 34.3 Å². The fraction of sp³-hybridized carbons (Fsp3) is 0.250. The van der Waals surface area contributed by atoms with Crippen molar-refractivity contribution in [3.8, 4) is 16.8 Å². The number of aromatic nitrogens is 2. The molecule has 1 heterocycles. The van der Waals surface area contributed by atoms with Crippen LogP contribution in [0.2, 0.25) is 0 Å². The van der Waals surface area contributed by atoms with Crippen molar-refractivity contribution in [2.75, 3.05) is 0 Å². The van der Waals surface area contributed by atoms with Crippen LogP contribution >= 0.6 is 0 Å². The molecule has 3 aromatic rings. The normalized spacial score (nSPS) is 11.0. The fourth-order valence-electron chi connectivity index (χ4n) is 3.33. The summed E-state index contributed by atoms with van der Waals surface area (Å²) in [6.45, 7) is 8.52. The molecule has 1 aromatic heterocycles. The minimum atomic E-state index is 0.0413. The van der Waals surface area contributed by atoms with Crippen molar-refractivity contribution >= 4 is 0 Å². The smallest absolute Gasteiger partial charge is 0.0991 e. The first-order chi connectivity index (χ1) is 11.0. The number of aliphatic hydroxyl groups is 1. The van der Waals surface area contributed by atoms with E-state index in [0.29, 0.717) is 0 Å². The predicted molar refractivity (Wildman–Crippen MR) is 93.9 cm³/mol. The molecule has 0 saturated heterocycles. The van der Waals surface area contributed by atoms with Gasteiger partial charge in [-0.1, -0.05) is 17.7 Å². The highest BCUT2D eigenvalue weighted by Crippen LogP contribution is 2.35. The van der Waals surface area contributed by atoms with Crippen LogP contribution in [0.3, 0.4) is 0 Å². The molecule has 0 bridgehead atoms. The SMILES string of the molecule is Cc1cc(C)c(-c2cc(C)c(CO)cc2-n2ccnc2)c(C)c1. The van der Waals surface area contributed by atoms with E-state index < -0.39 is 0 Å². The number of imidazole rings is 1. The van der Waals surface area contributed by atoms with Crippen LogP contribution < -0.4 is 0 Å². The zero-order valence-corrected chi connectivity index (χ0v) is 14.1. The third kappa shape index (κ3) is 2.80. The first-order valence-corrected chi connectivity index (χ1v) is 7.82. The van der Waals surface area contributed by atoms with Crippen LogP contribution in [0.1, 0.15) is 27.8 Å². The topological polar surface area (TPSA) is 38.0 Å². The zero-order valence-electron chi connectivity index (χ0n) is 14.1. The van der Waals surface area contributed by atoms with Crippen molar-refractivity contribution in [1.29, 1.82) is 0 Å². The van der Waals surface area contributed by atoms with E-state index in [4.69, 9.17) is 0 Å².